The summed E-state index contributed by atoms with van der Waals surface area (Å²) in [5, 5.41) is 7.94. The van der Waals surface area contributed by atoms with Crippen LogP contribution in [0, 0.1) is 0 Å². The molecular formula is C66H49Cl3N8O8S4. The largest absolute Gasteiger partial charge is 0.279 e. The average molecular weight is 1320 g/mol. The van der Waals surface area contributed by atoms with Crippen LogP contribution >= 0.6 is 34.8 Å². The monoisotopic (exact) mass is 1310 g/mol. The summed E-state index contributed by atoms with van der Waals surface area (Å²) < 4.78 is 110. The minimum absolute atomic E-state index is 0.119. The third kappa shape index (κ3) is 15.8. The van der Waals surface area contributed by atoms with Crippen molar-refractivity contribution in [3.8, 4) is 11.1 Å². The maximum Gasteiger partial charge on any atom is 0.261 e. The zero-order valence-corrected chi connectivity index (χ0v) is 51.8. The van der Waals surface area contributed by atoms with Gasteiger partial charge in [0.15, 0.2) is 0 Å². The van der Waals surface area contributed by atoms with E-state index in [4.69, 9.17) is 34.8 Å². The van der Waals surface area contributed by atoms with Gasteiger partial charge in [-0.05, 0) is 160 Å². The van der Waals surface area contributed by atoms with Gasteiger partial charge >= 0.3 is 0 Å². The molecule has 0 radical (unpaired) electrons. The molecule has 9 aromatic carbocycles. The molecule has 0 bridgehead atoms. The van der Waals surface area contributed by atoms with Crippen molar-refractivity contribution in [1.29, 1.82) is 0 Å². The second kappa shape index (κ2) is 27.7. The zero-order valence-electron chi connectivity index (χ0n) is 46.3. The fourth-order valence-corrected chi connectivity index (χ4v) is 13.8. The van der Waals surface area contributed by atoms with E-state index in [2.05, 4.69) is 38.8 Å². The quantitative estimate of drug-likeness (QED) is 0.0844. The maximum atomic E-state index is 12.8. The van der Waals surface area contributed by atoms with Crippen LogP contribution < -0.4 is 18.9 Å². The molecule has 0 aliphatic carbocycles. The summed E-state index contributed by atoms with van der Waals surface area (Å²) in [5.74, 6) is 0. The summed E-state index contributed by atoms with van der Waals surface area (Å²) in [6, 6.07) is 63.9. The van der Waals surface area contributed by atoms with E-state index in [1.807, 2.05) is 91.0 Å². The molecule has 0 unspecified atom stereocenters. The Kier molecular flexibility index (Phi) is 19.4. The molecule has 0 amide bonds. The predicted octanol–water partition coefficient (Wildman–Crippen LogP) is 15.8. The molecule has 0 spiro atoms. The zero-order chi connectivity index (χ0) is 62.6. The van der Waals surface area contributed by atoms with E-state index in [-0.39, 0.29) is 19.6 Å². The fraction of sp³-hybridized carbons (Fsp3) is 0. The van der Waals surface area contributed by atoms with Gasteiger partial charge in [0.25, 0.3) is 40.1 Å². The molecule has 0 aliphatic rings. The Morgan fingerprint density at radius 2 is 0.562 bits per heavy atom. The van der Waals surface area contributed by atoms with Crippen molar-refractivity contribution in [3.05, 3.63) is 289 Å². The maximum absolute atomic E-state index is 12.8. The Morgan fingerprint density at radius 1 is 0.258 bits per heavy atom. The normalized spacial score (nSPS) is 11.4. The summed E-state index contributed by atoms with van der Waals surface area (Å²) in [5.41, 5.74) is 3.94. The molecule has 4 heterocycles. The molecule has 23 heteroatoms. The van der Waals surface area contributed by atoms with Crippen LogP contribution in [0.25, 0.3) is 54.2 Å². The summed E-state index contributed by atoms with van der Waals surface area (Å²) >= 11 is 17.6. The number of benzene rings is 9. The van der Waals surface area contributed by atoms with Crippen LogP contribution in [0.2, 0.25) is 15.1 Å². The number of halogens is 3. The molecule has 0 saturated carbocycles. The number of rotatable bonds is 13. The lowest BCUT2D eigenvalue weighted by atomic mass is 10.1. The molecule has 0 atom stereocenters. The lowest BCUT2D eigenvalue weighted by Gasteiger charge is -2.11. The third-order valence-corrected chi connectivity index (χ3v) is 19.6. The number of sulfonamides is 4. The fourth-order valence-electron chi connectivity index (χ4n) is 8.95. The van der Waals surface area contributed by atoms with Crippen molar-refractivity contribution >= 4 is 141 Å². The van der Waals surface area contributed by atoms with E-state index < -0.39 is 40.1 Å². The standard InChI is InChI=1S/C21H16N2O2S.C15H10Cl2N2O2S.C15H11ClN2O2S.C15H12N2O2S/c24-26(25,23-21-8-4-7-18-13-14-22-15-20(18)21)19-11-9-17(10-12-19)16-5-2-1-3-6-16;16-11-1-3-13(4-2-11)22(20,21)19-15-8-12(17)7-10-5-6-18-9-14(10)15;16-12-4-6-13(7-5-12)21(19,20)18-15-3-1-2-11-8-9-17-10-14(11)15;18-20(19,13-6-2-1-3-7-13)17-15-8-4-5-12-9-10-16-11-14(12)15/h1-15,23H;1-9,19H;1-10,18H;1-11,17H. The number of aromatic nitrogens is 4. The molecule has 16 nitrogen and oxygen atoms in total. The first-order valence-corrected chi connectivity index (χ1v) is 33.7. The summed E-state index contributed by atoms with van der Waals surface area (Å²) in [6.45, 7) is 0. The number of nitrogens with zero attached hydrogens (tertiary/aromatic N) is 4. The van der Waals surface area contributed by atoms with E-state index in [1.165, 1.54) is 36.4 Å². The number of nitrogens with one attached hydrogen (secondary N) is 4. The third-order valence-electron chi connectivity index (χ3n) is 13.3. The van der Waals surface area contributed by atoms with E-state index >= 15 is 0 Å². The van der Waals surface area contributed by atoms with Crippen molar-refractivity contribution in [2.45, 2.75) is 19.6 Å². The minimum atomic E-state index is -3.73. The van der Waals surface area contributed by atoms with Gasteiger partial charge in [-0.2, -0.15) is 0 Å². The molecular weight excluding hydrogens is 1270 g/mol. The van der Waals surface area contributed by atoms with Gasteiger partial charge in [-0.15, -0.1) is 0 Å². The molecule has 0 saturated heterocycles. The van der Waals surface area contributed by atoms with Gasteiger partial charge in [0.2, 0.25) is 0 Å². The smallest absolute Gasteiger partial charge is 0.261 e. The Hall–Kier alpha value is -9.51. The minimum Gasteiger partial charge on any atom is -0.279 e. The van der Waals surface area contributed by atoms with E-state index in [9.17, 15) is 33.7 Å². The Morgan fingerprint density at radius 3 is 0.944 bits per heavy atom. The summed E-state index contributed by atoms with van der Waals surface area (Å²) in [7, 11) is -14.7. The van der Waals surface area contributed by atoms with Crippen molar-refractivity contribution in [2.24, 2.45) is 0 Å². The number of fused-ring (bicyclic) bond motifs is 4. The SMILES string of the molecule is O=S(=O)(Nc1cc(Cl)cc2ccncc12)c1ccc(Cl)cc1.O=S(=O)(Nc1cccc2ccncc12)c1ccc(-c2ccccc2)cc1.O=S(=O)(Nc1cccc2ccncc12)c1ccc(Cl)cc1.O=S(=O)(Nc1cccc2ccncc12)c1ccccc1. The summed E-state index contributed by atoms with van der Waals surface area (Å²) in [4.78, 5) is 16.9. The van der Waals surface area contributed by atoms with Crippen molar-refractivity contribution in [2.75, 3.05) is 18.9 Å². The van der Waals surface area contributed by atoms with E-state index in [0.717, 1.165) is 48.8 Å². The molecule has 0 aliphatic heterocycles. The molecule has 0 fully saturated rings. The van der Waals surface area contributed by atoms with Crippen molar-refractivity contribution in [3.63, 3.8) is 0 Å². The van der Waals surface area contributed by atoms with Gasteiger partial charge in [0, 0.05) is 86.2 Å². The number of hydrogen-bond donors (Lipinski definition) is 4. The Bertz CT molecular complexity index is 5120. The Balaban J connectivity index is 0.000000131. The molecule has 13 rings (SSSR count). The van der Waals surface area contributed by atoms with Crippen molar-refractivity contribution < 1.29 is 33.7 Å². The van der Waals surface area contributed by atoms with Crippen LogP contribution in [0.4, 0.5) is 22.7 Å². The second-order valence-corrected chi connectivity index (χ2v) is 27.3. The van der Waals surface area contributed by atoms with Gasteiger partial charge in [-0.25, -0.2) is 33.7 Å². The molecule has 446 valence electrons. The van der Waals surface area contributed by atoms with Gasteiger partial charge in [-0.3, -0.25) is 38.8 Å². The number of hydrogen-bond acceptors (Lipinski definition) is 12. The number of pyridine rings is 4. The highest BCUT2D eigenvalue weighted by atomic mass is 35.5. The molecule has 13 aromatic rings. The number of anilines is 4. The first-order chi connectivity index (χ1) is 42.8. The second-order valence-electron chi connectivity index (χ2n) is 19.3. The lowest BCUT2D eigenvalue weighted by Crippen LogP contribution is -2.13. The molecule has 4 aromatic heterocycles. The van der Waals surface area contributed by atoms with Crippen LogP contribution in [0.1, 0.15) is 0 Å². The van der Waals surface area contributed by atoms with E-state index in [1.54, 1.807) is 147 Å². The molecule has 89 heavy (non-hydrogen) atoms. The van der Waals surface area contributed by atoms with Gasteiger partial charge in [0.05, 0.1) is 42.3 Å². The highest BCUT2D eigenvalue weighted by Gasteiger charge is 2.20. The van der Waals surface area contributed by atoms with Crippen LogP contribution in [-0.2, 0) is 40.1 Å². The first-order valence-electron chi connectivity index (χ1n) is 26.7. The van der Waals surface area contributed by atoms with Crippen LogP contribution in [0.3, 0.4) is 0 Å². The van der Waals surface area contributed by atoms with Gasteiger partial charge in [0.1, 0.15) is 0 Å². The van der Waals surface area contributed by atoms with Crippen LogP contribution in [0.15, 0.2) is 294 Å². The van der Waals surface area contributed by atoms with Crippen LogP contribution in [0.5, 0.6) is 0 Å². The topological polar surface area (TPSA) is 236 Å². The Labute approximate surface area is 529 Å². The van der Waals surface area contributed by atoms with Crippen LogP contribution in [-0.4, -0.2) is 53.6 Å². The molecule has 4 N–H and O–H groups in total. The van der Waals surface area contributed by atoms with Gasteiger partial charge in [-0.1, -0.05) is 132 Å². The highest BCUT2D eigenvalue weighted by molar-refractivity contribution is 7.93. The van der Waals surface area contributed by atoms with E-state index in [0.29, 0.717) is 43.2 Å². The summed E-state index contributed by atoms with van der Waals surface area (Å²) in [6.07, 6.45) is 13.2. The lowest BCUT2D eigenvalue weighted by molar-refractivity contribution is 0.599. The highest BCUT2D eigenvalue weighted by Crippen LogP contribution is 2.32. The van der Waals surface area contributed by atoms with Crippen molar-refractivity contribution in [1.82, 2.24) is 19.9 Å². The van der Waals surface area contributed by atoms with Gasteiger partial charge < -0.3 is 0 Å². The average Bonchev–Trinajstić information content (AvgIpc) is 2.31. The predicted molar refractivity (Wildman–Crippen MR) is 356 cm³/mol. The first kappa shape index (κ1) is 62.5.